The maximum atomic E-state index is 4.31. The van der Waals surface area contributed by atoms with Crippen LogP contribution in [0.5, 0.6) is 0 Å². The molecule has 2 heteroatoms. The summed E-state index contributed by atoms with van der Waals surface area (Å²) in [7, 11) is 0. The maximum absolute atomic E-state index is 4.31. The van der Waals surface area contributed by atoms with Crippen molar-refractivity contribution in [2.24, 2.45) is 0 Å². The summed E-state index contributed by atoms with van der Waals surface area (Å²) in [5.41, 5.74) is 6.54. The Morgan fingerprint density at radius 3 is 2.33 bits per heavy atom. The van der Waals surface area contributed by atoms with Crippen molar-refractivity contribution in [2.45, 2.75) is 33.9 Å². The van der Waals surface area contributed by atoms with Crippen LogP contribution in [0.1, 0.15) is 27.9 Å². The summed E-state index contributed by atoms with van der Waals surface area (Å²) in [5.74, 6) is 0. The zero-order valence-corrected chi connectivity index (χ0v) is 11.3. The second-order valence-corrected chi connectivity index (χ2v) is 4.80. The van der Waals surface area contributed by atoms with E-state index in [4.69, 9.17) is 0 Å². The number of nitrogens with one attached hydrogen (secondary N) is 1. The van der Waals surface area contributed by atoms with Crippen LogP contribution in [-0.2, 0) is 13.1 Å². The predicted octanol–water partition coefficient (Wildman–Crippen LogP) is 3.30. The second kappa shape index (κ2) is 5.78. The van der Waals surface area contributed by atoms with Crippen molar-refractivity contribution in [3.8, 4) is 0 Å². The highest BCUT2D eigenvalue weighted by molar-refractivity contribution is 5.37. The topological polar surface area (TPSA) is 24.9 Å². The van der Waals surface area contributed by atoms with Crippen molar-refractivity contribution in [1.29, 1.82) is 0 Å². The Hall–Kier alpha value is -1.67. The summed E-state index contributed by atoms with van der Waals surface area (Å²) in [6.45, 7) is 8.21. The minimum absolute atomic E-state index is 0.813. The van der Waals surface area contributed by atoms with Crippen LogP contribution in [0.4, 0.5) is 0 Å². The van der Waals surface area contributed by atoms with Crippen LogP contribution in [-0.4, -0.2) is 4.98 Å². The molecule has 0 radical (unpaired) electrons. The number of rotatable bonds is 4. The molecular weight excluding hydrogens is 220 g/mol. The molecule has 0 saturated carbocycles. The highest BCUT2D eigenvalue weighted by Crippen LogP contribution is 2.16. The van der Waals surface area contributed by atoms with Crippen LogP contribution in [0.15, 0.2) is 36.5 Å². The SMILES string of the molecule is Cc1cc(C)c(CNCc2ccccn2)c(C)c1. The number of nitrogens with zero attached hydrogens (tertiary/aromatic N) is 1. The van der Waals surface area contributed by atoms with E-state index in [1.165, 1.54) is 22.3 Å². The van der Waals surface area contributed by atoms with Crippen molar-refractivity contribution in [2.75, 3.05) is 0 Å². The normalized spacial score (nSPS) is 10.6. The molecule has 2 nitrogen and oxygen atoms in total. The lowest BCUT2D eigenvalue weighted by Gasteiger charge is -2.12. The van der Waals surface area contributed by atoms with Gasteiger partial charge in [-0.15, -0.1) is 0 Å². The molecule has 0 atom stereocenters. The highest BCUT2D eigenvalue weighted by Gasteiger charge is 2.03. The summed E-state index contributed by atoms with van der Waals surface area (Å²) in [6.07, 6.45) is 1.83. The van der Waals surface area contributed by atoms with E-state index in [-0.39, 0.29) is 0 Å². The third-order valence-corrected chi connectivity index (χ3v) is 3.17. The molecule has 1 N–H and O–H groups in total. The Balaban J connectivity index is 1.99. The number of benzene rings is 1. The Labute approximate surface area is 109 Å². The summed E-state index contributed by atoms with van der Waals surface area (Å²) in [4.78, 5) is 4.31. The molecule has 0 bridgehead atoms. The molecule has 0 aliphatic carbocycles. The second-order valence-electron chi connectivity index (χ2n) is 4.80. The minimum atomic E-state index is 0.813. The molecule has 1 aromatic carbocycles. The van der Waals surface area contributed by atoms with Gasteiger partial charge in [0.2, 0.25) is 0 Å². The maximum Gasteiger partial charge on any atom is 0.0541 e. The summed E-state index contributed by atoms with van der Waals surface area (Å²) in [6, 6.07) is 10.5. The fraction of sp³-hybridized carbons (Fsp3) is 0.312. The minimum Gasteiger partial charge on any atom is -0.307 e. The molecule has 1 heterocycles. The van der Waals surface area contributed by atoms with Crippen molar-refractivity contribution >= 4 is 0 Å². The van der Waals surface area contributed by atoms with Crippen LogP contribution >= 0.6 is 0 Å². The summed E-state index contributed by atoms with van der Waals surface area (Å²) >= 11 is 0. The standard InChI is InChI=1S/C16H20N2/c1-12-8-13(2)16(14(3)9-12)11-17-10-15-6-4-5-7-18-15/h4-9,17H,10-11H2,1-3H3. The van der Waals surface area contributed by atoms with E-state index in [0.29, 0.717) is 0 Å². The van der Waals surface area contributed by atoms with Gasteiger partial charge in [0.15, 0.2) is 0 Å². The van der Waals surface area contributed by atoms with E-state index < -0.39 is 0 Å². The lowest BCUT2D eigenvalue weighted by Crippen LogP contribution is -2.15. The van der Waals surface area contributed by atoms with Crippen LogP contribution in [0.2, 0.25) is 0 Å². The van der Waals surface area contributed by atoms with Gasteiger partial charge in [-0.2, -0.15) is 0 Å². The quantitative estimate of drug-likeness (QED) is 0.887. The fourth-order valence-corrected chi connectivity index (χ4v) is 2.31. The van der Waals surface area contributed by atoms with Crippen LogP contribution in [0.25, 0.3) is 0 Å². The van der Waals surface area contributed by atoms with Gasteiger partial charge in [-0.1, -0.05) is 23.8 Å². The molecule has 94 valence electrons. The van der Waals surface area contributed by atoms with E-state index in [1.54, 1.807) is 0 Å². The number of aromatic nitrogens is 1. The molecule has 0 amide bonds. The Morgan fingerprint density at radius 2 is 1.72 bits per heavy atom. The number of hydrogen-bond donors (Lipinski definition) is 1. The number of hydrogen-bond acceptors (Lipinski definition) is 2. The molecule has 0 aliphatic heterocycles. The molecule has 18 heavy (non-hydrogen) atoms. The summed E-state index contributed by atoms with van der Waals surface area (Å²) < 4.78 is 0. The van der Waals surface area contributed by atoms with Crippen molar-refractivity contribution < 1.29 is 0 Å². The van der Waals surface area contributed by atoms with E-state index in [1.807, 2.05) is 24.4 Å². The third kappa shape index (κ3) is 3.17. The Morgan fingerprint density at radius 1 is 1.00 bits per heavy atom. The van der Waals surface area contributed by atoms with Crippen molar-refractivity contribution in [3.05, 3.63) is 64.5 Å². The molecule has 0 spiro atoms. The molecule has 1 aromatic heterocycles. The largest absolute Gasteiger partial charge is 0.307 e. The van der Waals surface area contributed by atoms with E-state index in [0.717, 1.165) is 18.8 Å². The third-order valence-electron chi connectivity index (χ3n) is 3.17. The first kappa shape index (κ1) is 12.8. The lowest BCUT2D eigenvalue weighted by atomic mass is 10.00. The molecule has 0 unspecified atom stereocenters. The van der Waals surface area contributed by atoms with Gasteiger partial charge in [-0.25, -0.2) is 0 Å². The Bertz CT molecular complexity index is 495. The molecular formula is C16H20N2. The van der Waals surface area contributed by atoms with Crippen LogP contribution < -0.4 is 5.32 Å². The first-order valence-electron chi connectivity index (χ1n) is 6.34. The van der Waals surface area contributed by atoms with Gasteiger partial charge < -0.3 is 5.32 Å². The zero-order chi connectivity index (χ0) is 13.0. The average Bonchev–Trinajstić information content (AvgIpc) is 2.34. The van der Waals surface area contributed by atoms with Gasteiger partial charge in [-0.3, -0.25) is 4.98 Å². The smallest absolute Gasteiger partial charge is 0.0541 e. The van der Waals surface area contributed by atoms with E-state index >= 15 is 0 Å². The fourth-order valence-electron chi connectivity index (χ4n) is 2.31. The first-order valence-corrected chi connectivity index (χ1v) is 6.34. The average molecular weight is 240 g/mol. The van der Waals surface area contributed by atoms with E-state index in [9.17, 15) is 0 Å². The highest BCUT2D eigenvalue weighted by atomic mass is 14.9. The predicted molar refractivity (Wildman–Crippen MR) is 75.4 cm³/mol. The van der Waals surface area contributed by atoms with Gasteiger partial charge in [0.1, 0.15) is 0 Å². The monoisotopic (exact) mass is 240 g/mol. The molecule has 2 aromatic rings. The van der Waals surface area contributed by atoms with Gasteiger partial charge in [0.05, 0.1) is 5.69 Å². The van der Waals surface area contributed by atoms with Crippen LogP contribution in [0, 0.1) is 20.8 Å². The van der Waals surface area contributed by atoms with E-state index in [2.05, 4.69) is 43.2 Å². The van der Waals surface area contributed by atoms with Gasteiger partial charge in [0.25, 0.3) is 0 Å². The first-order chi connectivity index (χ1) is 8.66. The molecule has 0 fully saturated rings. The Kier molecular flexibility index (Phi) is 4.11. The number of aryl methyl sites for hydroxylation is 3. The zero-order valence-electron chi connectivity index (χ0n) is 11.3. The van der Waals surface area contributed by atoms with Crippen molar-refractivity contribution in [3.63, 3.8) is 0 Å². The number of pyridine rings is 1. The molecule has 0 aliphatic rings. The van der Waals surface area contributed by atoms with Gasteiger partial charge in [0, 0.05) is 19.3 Å². The molecule has 2 rings (SSSR count). The van der Waals surface area contributed by atoms with Crippen LogP contribution in [0.3, 0.4) is 0 Å². The lowest BCUT2D eigenvalue weighted by molar-refractivity contribution is 0.674. The van der Waals surface area contributed by atoms with Crippen molar-refractivity contribution in [1.82, 2.24) is 10.3 Å². The van der Waals surface area contributed by atoms with Gasteiger partial charge in [-0.05, 0) is 49.6 Å². The summed E-state index contributed by atoms with van der Waals surface area (Å²) in [5, 5.41) is 3.46. The van der Waals surface area contributed by atoms with Gasteiger partial charge >= 0.3 is 0 Å². The molecule has 0 saturated heterocycles.